The number of anilines is 1. The summed E-state index contributed by atoms with van der Waals surface area (Å²) in [5.41, 5.74) is 0.292. The summed E-state index contributed by atoms with van der Waals surface area (Å²) in [6.07, 6.45) is 3.75. The molecular weight excluding hydrogens is 246 g/mol. The van der Waals surface area contributed by atoms with Crippen LogP contribution in [0.15, 0.2) is 6.20 Å². The Balaban J connectivity index is 2.10. The molecule has 2 rings (SSSR count). The largest absolute Gasteiger partial charge is 0.462 e. The van der Waals surface area contributed by atoms with Crippen LogP contribution in [0.1, 0.15) is 37.0 Å². The van der Waals surface area contributed by atoms with Gasteiger partial charge in [0.2, 0.25) is 5.91 Å². The molecule has 6 heteroatoms. The normalized spacial score (nSPS) is 15.9. The molecule has 1 atom stereocenters. The van der Waals surface area contributed by atoms with Gasteiger partial charge in [-0.1, -0.05) is 6.92 Å². The smallest absolute Gasteiger partial charge is 0.343 e. The number of ether oxygens (including phenoxy) is 1. The maximum atomic E-state index is 12.0. The van der Waals surface area contributed by atoms with Crippen molar-refractivity contribution in [1.29, 1.82) is 0 Å². The Kier molecular flexibility index (Phi) is 3.87. The van der Waals surface area contributed by atoms with Gasteiger partial charge < -0.3 is 10.1 Å². The molecule has 0 bridgehead atoms. The zero-order valence-electron chi connectivity index (χ0n) is 11.5. The zero-order valence-corrected chi connectivity index (χ0v) is 11.5. The number of aryl methyl sites for hydroxylation is 1. The molecule has 0 spiro atoms. The lowest BCUT2D eigenvalue weighted by molar-refractivity contribution is -0.119. The Hall–Kier alpha value is -1.85. The van der Waals surface area contributed by atoms with Crippen LogP contribution in [-0.2, 0) is 16.6 Å². The second-order valence-corrected chi connectivity index (χ2v) is 4.90. The molecule has 1 amide bonds. The molecular formula is C13H19N3O3. The van der Waals surface area contributed by atoms with Crippen molar-refractivity contribution in [3.63, 3.8) is 0 Å². The van der Waals surface area contributed by atoms with Crippen molar-refractivity contribution in [3.8, 4) is 0 Å². The monoisotopic (exact) mass is 265 g/mol. The van der Waals surface area contributed by atoms with Gasteiger partial charge in [-0.15, -0.1) is 0 Å². The van der Waals surface area contributed by atoms with E-state index in [1.807, 2.05) is 6.92 Å². The summed E-state index contributed by atoms with van der Waals surface area (Å²) in [7, 11) is 1.70. The molecule has 0 saturated heterocycles. The molecule has 0 aliphatic heterocycles. The molecule has 1 aromatic rings. The number of esters is 1. The van der Waals surface area contributed by atoms with E-state index in [2.05, 4.69) is 10.4 Å². The molecule has 1 fully saturated rings. The summed E-state index contributed by atoms with van der Waals surface area (Å²) in [4.78, 5) is 23.8. The summed E-state index contributed by atoms with van der Waals surface area (Å²) in [5.74, 6) is 0.141. The summed E-state index contributed by atoms with van der Waals surface area (Å²) < 4.78 is 6.43. The highest BCUT2D eigenvalue weighted by Gasteiger charge is 2.33. The average Bonchev–Trinajstić information content (AvgIpc) is 3.13. The highest BCUT2D eigenvalue weighted by atomic mass is 16.5. The van der Waals surface area contributed by atoms with Crippen molar-refractivity contribution in [3.05, 3.63) is 11.8 Å². The lowest BCUT2D eigenvalue weighted by Gasteiger charge is -2.10. The van der Waals surface area contributed by atoms with Gasteiger partial charge >= 0.3 is 5.97 Å². The topological polar surface area (TPSA) is 73.2 Å². The Morgan fingerprint density at radius 1 is 1.58 bits per heavy atom. The first kappa shape index (κ1) is 13.6. The van der Waals surface area contributed by atoms with Crippen LogP contribution in [0.3, 0.4) is 0 Å². The fourth-order valence-corrected chi connectivity index (χ4v) is 1.98. The predicted octanol–water partition coefficient (Wildman–Crippen LogP) is 1.58. The molecule has 1 N–H and O–H groups in total. The van der Waals surface area contributed by atoms with E-state index < -0.39 is 5.97 Å². The predicted molar refractivity (Wildman–Crippen MR) is 69.7 cm³/mol. The minimum absolute atomic E-state index is 0.0444. The number of aromatic nitrogens is 2. The van der Waals surface area contributed by atoms with Crippen molar-refractivity contribution in [2.75, 3.05) is 11.9 Å². The zero-order chi connectivity index (χ0) is 14.0. The molecule has 6 nitrogen and oxygen atoms in total. The molecule has 0 aromatic carbocycles. The van der Waals surface area contributed by atoms with E-state index in [4.69, 9.17) is 4.74 Å². The van der Waals surface area contributed by atoms with Gasteiger partial charge in [-0.05, 0) is 25.7 Å². The van der Waals surface area contributed by atoms with Crippen LogP contribution in [0.5, 0.6) is 0 Å². The van der Waals surface area contributed by atoms with E-state index in [0.717, 1.165) is 12.8 Å². The standard InChI is InChI=1S/C13H19N3O3/c1-4-19-13(18)10-7-16(3)15-11(10)14-12(17)8(2)9-5-6-9/h7-9H,4-6H2,1-3H3,(H,14,15,17). The van der Waals surface area contributed by atoms with Crippen LogP contribution in [0, 0.1) is 11.8 Å². The van der Waals surface area contributed by atoms with E-state index in [9.17, 15) is 9.59 Å². The number of hydrogen-bond donors (Lipinski definition) is 1. The van der Waals surface area contributed by atoms with Gasteiger partial charge in [0, 0.05) is 19.2 Å². The summed E-state index contributed by atoms with van der Waals surface area (Å²) in [6, 6.07) is 0. The van der Waals surface area contributed by atoms with Crippen molar-refractivity contribution in [1.82, 2.24) is 9.78 Å². The molecule has 104 valence electrons. The fourth-order valence-electron chi connectivity index (χ4n) is 1.98. The third kappa shape index (κ3) is 3.13. The minimum atomic E-state index is -0.468. The third-order valence-corrected chi connectivity index (χ3v) is 3.31. The quantitative estimate of drug-likeness (QED) is 0.820. The van der Waals surface area contributed by atoms with Gasteiger partial charge in [0.05, 0.1) is 6.61 Å². The lowest BCUT2D eigenvalue weighted by atomic mass is 10.1. The molecule has 1 aliphatic rings. The Morgan fingerprint density at radius 3 is 2.84 bits per heavy atom. The van der Waals surface area contributed by atoms with Crippen molar-refractivity contribution >= 4 is 17.7 Å². The van der Waals surface area contributed by atoms with Gasteiger partial charge in [-0.3, -0.25) is 9.48 Å². The maximum Gasteiger partial charge on any atom is 0.343 e. The Labute approximate surface area is 112 Å². The first-order valence-electron chi connectivity index (χ1n) is 6.54. The maximum absolute atomic E-state index is 12.0. The third-order valence-electron chi connectivity index (χ3n) is 3.31. The molecule has 1 heterocycles. The van der Waals surface area contributed by atoms with Crippen LogP contribution in [-0.4, -0.2) is 28.3 Å². The molecule has 1 unspecified atom stereocenters. The number of carbonyl (C=O) groups excluding carboxylic acids is 2. The number of nitrogens with one attached hydrogen (secondary N) is 1. The van der Waals surface area contributed by atoms with E-state index in [0.29, 0.717) is 18.1 Å². The highest BCUT2D eigenvalue weighted by molar-refractivity contribution is 6.00. The van der Waals surface area contributed by atoms with E-state index >= 15 is 0 Å². The second kappa shape index (κ2) is 5.42. The van der Waals surface area contributed by atoms with Gasteiger partial charge in [0.1, 0.15) is 5.56 Å². The van der Waals surface area contributed by atoms with Crippen LogP contribution in [0.4, 0.5) is 5.82 Å². The molecule has 1 aliphatic carbocycles. The van der Waals surface area contributed by atoms with Crippen LogP contribution in [0.2, 0.25) is 0 Å². The van der Waals surface area contributed by atoms with Crippen LogP contribution < -0.4 is 5.32 Å². The molecule has 0 radical (unpaired) electrons. The first-order valence-corrected chi connectivity index (χ1v) is 6.54. The molecule has 1 saturated carbocycles. The number of nitrogens with zero attached hydrogens (tertiary/aromatic N) is 2. The first-order chi connectivity index (χ1) is 9.02. The van der Waals surface area contributed by atoms with E-state index in [-0.39, 0.29) is 17.6 Å². The van der Waals surface area contributed by atoms with Gasteiger partial charge in [-0.25, -0.2) is 4.79 Å². The van der Waals surface area contributed by atoms with Crippen molar-refractivity contribution in [2.24, 2.45) is 18.9 Å². The summed E-state index contributed by atoms with van der Waals surface area (Å²) in [6.45, 7) is 3.93. The van der Waals surface area contributed by atoms with Crippen molar-refractivity contribution in [2.45, 2.75) is 26.7 Å². The number of hydrogen-bond acceptors (Lipinski definition) is 4. The van der Waals surface area contributed by atoms with Crippen molar-refractivity contribution < 1.29 is 14.3 Å². The van der Waals surface area contributed by atoms with Crippen LogP contribution >= 0.6 is 0 Å². The number of rotatable bonds is 5. The van der Waals surface area contributed by atoms with Gasteiger partial charge in [0.15, 0.2) is 5.82 Å². The van der Waals surface area contributed by atoms with Gasteiger partial charge in [0.25, 0.3) is 0 Å². The number of carbonyl (C=O) groups is 2. The lowest BCUT2D eigenvalue weighted by Crippen LogP contribution is -2.23. The minimum Gasteiger partial charge on any atom is -0.462 e. The van der Waals surface area contributed by atoms with E-state index in [1.54, 1.807) is 20.2 Å². The summed E-state index contributed by atoms with van der Waals surface area (Å²) in [5, 5.41) is 6.82. The average molecular weight is 265 g/mol. The second-order valence-electron chi connectivity index (χ2n) is 4.90. The molecule has 19 heavy (non-hydrogen) atoms. The van der Waals surface area contributed by atoms with E-state index in [1.165, 1.54) is 4.68 Å². The fraction of sp³-hybridized carbons (Fsp3) is 0.615. The summed E-state index contributed by atoms with van der Waals surface area (Å²) >= 11 is 0. The molecule has 1 aromatic heterocycles. The van der Waals surface area contributed by atoms with Gasteiger partial charge in [-0.2, -0.15) is 5.10 Å². The Morgan fingerprint density at radius 2 is 2.26 bits per heavy atom. The van der Waals surface area contributed by atoms with Crippen LogP contribution in [0.25, 0.3) is 0 Å². The Bertz CT molecular complexity index is 491. The highest BCUT2D eigenvalue weighted by Crippen LogP contribution is 2.37. The SMILES string of the molecule is CCOC(=O)c1cn(C)nc1NC(=O)C(C)C1CC1. The number of amides is 1.